The van der Waals surface area contributed by atoms with Gasteiger partial charge in [-0.15, -0.1) is 0 Å². The number of aromatic carboxylic acids is 1. The van der Waals surface area contributed by atoms with E-state index in [9.17, 15) is 14.7 Å². The lowest BCUT2D eigenvalue weighted by atomic mass is 10.1. The highest BCUT2D eigenvalue weighted by Gasteiger charge is 2.23. The van der Waals surface area contributed by atoms with E-state index in [4.69, 9.17) is 11.6 Å². The topological polar surface area (TPSA) is 98.7 Å². The van der Waals surface area contributed by atoms with Crippen molar-refractivity contribution in [3.63, 3.8) is 0 Å². The van der Waals surface area contributed by atoms with Crippen LogP contribution in [0.25, 0.3) is 0 Å². The lowest BCUT2D eigenvalue weighted by molar-refractivity contribution is 0.0697. The fourth-order valence-electron chi connectivity index (χ4n) is 3.51. The monoisotopic (exact) mass is 437 g/mol. The zero-order chi connectivity index (χ0) is 21.8. The Kier molecular flexibility index (Phi) is 5.99. The average Bonchev–Trinajstić information content (AvgIpc) is 2.80. The van der Waals surface area contributed by atoms with Crippen molar-refractivity contribution in [3.8, 4) is 0 Å². The Morgan fingerprint density at radius 2 is 1.58 bits per heavy atom. The molecule has 0 spiro atoms. The van der Waals surface area contributed by atoms with E-state index in [-0.39, 0.29) is 5.56 Å². The first kappa shape index (κ1) is 20.6. The Labute approximate surface area is 184 Å². The number of anilines is 3. The Morgan fingerprint density at radius 3 is 2.26 bits per heavy atom. The van der Waals surface area contributed by atoms with Crippen molar-refractivity contribution in [1.82, 2.24) is 9.97 Å². The Morgan fingerprint density at radius 1 is 0.903 bits per heavy atom. The summed E-state index contributed by atoms with van der Waals surface area (Å²) in [6.45, 7) is 2.61. The molecule has 1 amide bonds. The largest absolute Gasteiger partial charge is 0.478 e. The smallest absolute Gasteiger partial charge is 0.337 e. The second-order valence-corrected chi connectivity index (χ2v) is 7.40. The molecule has 1 aromatic heterocycles. The van der Waals surface area contributed by atoms with Crippen LogP contribution < -0.4 is 15.1 Å². The molecule has 0 saturated carbocycles. The molecule has 8 nitrogen and oxygen atoms in total. The number of benzene rings is 2. The molecule has 2 heterocycles. The number of hydrogen-bond acceptors (Lipinski definition) is 6. The Bertz CT molecular complexity index is 1100. The van der Waals surface area contributed by atoms with Gasteiger partial charge in [0.1, 0.15) is 0 Å². The summed E-state index contributed by atoms with van der Waals surface area (Å²) in [5.74, 6) is -0.790. The van der Waals surface area contributed by atoms with Crippen LogP contribution in [-0.4, -0.2) is 53.1 Å². The molecule has 0 aliphatic carbocycles. The number of carbonyl (C=O) groups is 2. The minimum atomic E-state index is -1.06. The summed E-state index contributed by atoms with van der Waals surface area (Å²) in [6, 6.07) is 13.4. The van der Waals surface area contributed by atoms with E-state index in [1.807, 2.05) is 4.90 Å². The molecule has 158 valence electrons. The Balaban J connectivity index is 1.50. The summed E-state index contributed by atoms with van der Waals surface area (Å²) in [4.78, 5) is 37.0. The number of rotatable bonds is 5. The van der Waals surface area contributed by atoms with Crippen molar-refractivity contribution in [1.29, 1.82) is 0 Å². The van der Waals surface area contributed by atoms with E-state index in [0.29, 0.717) is 54.1 Å². The number of hydrogen-bond donors (Lipinski definition) is 2. The number of halogens is 1. The van der Waals surface area contributed by atoms with Gasteiger partial charge in [0.25, 0.3) is 5.91 Å². The van der Waals surface area contributed by atoms with Gasteiger partial charge >= 0.3 is 5.97 Å². The number of nitrogens with one attached hydrogen (secondary N) is 1. The highest BCUT2D eigenvalue weighted by Crippen LogP contribution is 2.27. The van der Waals surface area contributed by atoms with E-state index in [1.54, 1.807) is 54.9 Å². The first-order valence-electron chi connectivity index (χ1n) is 9.73. The zero-order valence-electron chi connectivity index (χ0n) is 16.5. The van der Waals surface area contributed by atoms with Crippen LogP contribution in [0.2, 0.25) is 5.02 Å². The SMILES string of the molecule is O=C(Nc1ccc(N2CCN(c3ncccn3)CC2)c(C(=O)O)c1)c1ccccc1Cl. The van der Waals surface area contributed by atoms with Crippen LogP contribution in [0.3, 0.4) is 0 Å². The van der Waals surface area contributed by atoms with Crippen molar-refractivity contribution in [2.75, 3.05) is 41.3 Å². The normalized spacial score (nSPS) is 13.7. The van der Waals surface area contributed by atoms with E-state index < -0.39 is 11.9 Å². The summed E-state index contributed by atoms with van der Waals surface area (Å²) in [5.41, 5.74) is 1.45. The predicted octanol–water partition coefficient (Wildman–Crippen LogP) is 3.41. The van der Waals surface area contributed by atoms with Crippen LogP contribution in [0, 0.1) is 0 Å². The van der Waals surface area contributed by atoms with E-state index in [2.05, 4.69) is 20.2 Å². The van der Waals surface area contributed by atoms with Crippen LogP contribution in [0.1, 0.15) is 20.7 Å². The summed E-state index contributed by atoms with van der Waals surface area (Å²) >= 11 is 6.08. The van der Waals surface area contributed by atoms with Crippen molar-refractivity contribution >= 4 is 40.8 Å². The third-order valence-electron chi connectivity index (χ3n) is 5.06. The number of piperazine rings is 1. The van der Waals surface area contributed by atoms with Gasteiger partial charge in [0, 0.05) is 44.3 Å². The first-order valence-corrected chi connectivity index (χ1v) is 10.1. The molecule has 1 saturated heterocycles. The molecule has 2 aromatic carbocycles. The number of carbonyl (C=O) groups excluding carboxylic acids is 1. The summed E-state index contributed by atoms with van der Waals surface area (Å²) in [7, 11) is 0. The molecule has 9 heteroatoms. The van der Waals surface area contributed by atoms with E-state index >= 15 is 0 Å². The fraction of sp³-hybridized carbons (Fsp3) is 0.182. The molecule has 31 heavy (non-hydrogen) atoms. The van der Waals surface area contributed by atoms with Crippen LogP contribution in [0.5, 0.6) is 0 Å². The van der Waals surface area contributed by atoms with Crippen LogP contribution in [0.4, 0.5) is 17.3 Å². The van der Waals surface area contributed by atoms with Crippen molar-refractivity contribution in [2.45, 2.75) is 0 Å². The first-order chi connectivity index (χ1) is 15.0. The minimum Gasteiger partial charge on any atom is -0.478 e. The number of carboxylic acids is 1. The van der Waals surface area contributed by atoms with Gasteiger partial charge in [-0.2, -0.15) is 0 Å². The van der Waals surface area contributed by atoms with Gasteiger partial charge < -0.3 is 20.2 Å². The van der Waals surface area contributed by atoms with E-state index in [1.165, 1.54) is 6.07 Å². The number of aromatic nitrogens is 2. The van der Waals surface area contributed by atoms with Gasteiger partial charge in [-0.05, 0) is 36.4 Å². The highest BCUT2D eigenvalue weighted by atomic mass is 35.5. The molecule has 4 rings (SSSR count). The van der Waals surface area contributed by atoms with Crippen molar-refractivity contribution in [2.24, 2.45) is 0 Å². The summed E-state index contributed by atoms with van der Waals surface area (Å²) in [6.07, 6.45) is 3.40. The molecule has 1 aliphatic rings. The van der Waals surface area contributed by atoms with Gasteiger partial charge in [0.05, 0.1) is 21.8 Å². The van der Waals surface area contributed by atoms with Crippen molar-refractivity contribution in [3.05, 3.63) is 77.1 Å². The lowest BCUT2D eigenvalue weighted by Crippen LogP contribution is -2.47. The average molecular weight is 438 g/mol. The standard InChI is InChI=1S/C22H20ClN5O3/c23-18-5-2-1-4-16(18)20(29)26-15-6-7-19(17(14-15)21(30)31)27-10-12-28(13-11-27)22-24-8-3-9-25-22/h1-9,14H,10-13H2,(H,26,29)(H,30,31). The molecule has 2 N–H and O–H groups in total. The maximum Gasteiger partial charge on any atom is 0.337 e. The Hall–Kier alpha value is -3.65. The van der Waals surface area contributed by atoms with Gasteiger partial charge in [-0.1, -0.05) is 23.7 Å². The number of nitrogens with zero attached hydrogens (tertiary/aromatic N) is 4. The molecule has 0 atom stereocenters. The quantitative estimate of drug-likeness (QED) is 0.631. The molecular formula is C22H20ClN5O3. The van der Waals surface area contributed by atoms with Gasteiger partial charge in [-0.25, -0.2) is 14.8 Å². The van der Waals surface area contributed by atoms with Gasteiger partial charge in [-0.3, -0.25) is 4.79 Å². The molecular weight excluding hydrogens is 418 g/mol. The molecule has 3 aromatic rings. The lowest BCUT2D eigenvalue weighted by Gasteiger charge is -2.36. The predicted molar refractivity (Wildman–Crippen MR) is 119 cm³/mol. The maximum atomic E-state index is 12.5. The van der Waals surface area contributed by atoms with E-state index in [0.717, 1.165) is 0 Å². The maximum absolute atomic E-state index is 12.5. The van der Waals surface area contributed by atoms with Gasteiger partial charge in [0.15, 0.2) is 0 Å². The highest BCUT2D eigenvalue weighted by molar-refractivity contribution is 6.34. The number of amides is 1. The van der Waals surface area contributed by atoms with Crippen LogP contribution >= 0.6 is 11.6 Å². The summed E-state index contributed by atoms with van der Waals surface area (Å²) in [5, 5.41) is 12.8. The second-order valence-electron chi connectivity index (χ2n) is 6.99. The third kappa shape index (κ3) is 4.59. The van der Waals surface area contributed by atoms with Crippen LogP contribution in [0.15, 0.2) is 60.9 Å². The molecule has 0 unspecified atom stereocenters. The molecule has 0 radical (unpaired) electrons. The molecule has 0 bridgehead atoms. The second kappa shape index (κ2) is 9.01. The molecule has 1 fully saturated rings. The number of carboxylic acid groups (broad SMARTS) is 1. The third-order valence-corrected chi connectivity index (χ3v) is 5.39. The minimum absolute atomic E-state index is 0.126. The van der Waals surface area contributed by atoms with Crippen LogP contribution in [-0.2, 0) is 0 Å². The van der Waals surface area contributed by atoms with Gasteiger partial charge in [0.2, 0.25) is 5.95 Å². The fourth-order valence-corrected chi connectivity index (χ4v) is 3.73. The van der Waals surface area contributed by atoms with Crippen molar-refractivity contribution < 1.29 is 14.7 Å². The molecule has 1 aliphatic heterocycles. The zero-order valence-corrected chi connectivity index (χ0v) is 17.3. The summed E-state index contributed by atoms with van der Waals surface area (Å²) < 4.78 is 0.